The topological polar surface area (TPSA) is 451 Å². The van der Waals surface area contributed by atoms with Crippen LogP contribution in [0.4, 0.5) is 30.6 Å². The van der Waals surface area contributed by atoms with Crippen LogP contribution in [0.2, 0.25) is 0 Å². The Balaban J connectivity index is 0.000000174. The SMILES string of the molecule is CC(C)S(=O)(=O)c1ccc(-c2cnc(N)c(-c3nnc(-c4ccc(CNC[C@@H](C)O)cc4F)o3)n2)cc1.CCCNCc1ccc(-c2nnc(-c3nc(-c4ccc(S(=O)(=O)C(C)C)cc4)cnc3N)o2)c(F)c1.CNCc1ccc(-c2nnc(-c3nc(-c4ccc(S(=O)(=O)C(C)CCO)cc4)cnc3N)o2)c(F)c1. The van der Waals surface area contributed by atoms with Crippen molar-refractivity contribution in [2.75, 3.05) is 43.9 Å². The molecule has 1 unspecified atom stereocenters. The van der Waals surface area contributed by atoms with Gasteiger partial charge in [0, 0.05) is 49.5 Å². The van der Waals surface area contributed by atoms with E-state index < -0.39 is 68.8 Å². The Labute approximate surface area is 626 Å². The standard InChI is InChI=1S/C25H27FN6O4S.C25H27FN6O3S.C24H25FN6O4S/c1-14(2)37(34,35)18-7-5-17(6-8-18)21-13-29-23(27)22(30-21)25-32-31-24(36-25)19-9-4-16(10-20(19)26)12-28-11-15(3)33;1-4-11-28-13-16-5-10-19(20(26)12-16)24-31-32-25(35-24)22-23(27)29-14-21(30-22)17-6-8-18(9-7-17)36(33,34)15(2)3;1-14(9-10-32)36(33,34)17-6-4-16(5-7-17)20-13-28-22(26)21(29-20)24-31-30-23(35-24)18-8-3-15(12-27-2)11-19(18)25/h4-10,13-15,28,33H,11-12H2,1-3H3,(H2,27,29);5-10,12,14-15,28H,4,11,13H2,1-3H3,(H2,27,29);3-8,11,13-14,27,32H,9-10,12H2,1-2H3,(H2,26,28)/t15-;;/m1../s1. The van der Waals surface area contributed by atoms with Crippen molar-refractivity contribution >= 4 is 47.0 Å². The van der Waals surface area contributed by atoms with Gasteiger partial charge in [-0.3, -0.25) is 0 Å². The number of rotatable bonds is 27. The van der Waals surface area contributed by atoms with Crippen molar-refractivity contribution in [3.05, 3.63) is 180 Å². The smallest absolute Gasteiger partial charge is 0.270 e. The highest BCUT2D eigenvalue weighted by molar-refractivity contribution is 7.92. The molecule has 29 nitrogen and oxygen atoms in total. The van der Waals surface area contributed by atoms with E-state index >= 15 is 0 Å². The molecule has 0 fully saturated rings. The van der Waals surface area contributed by atoms with E-state index in [2.05, 4.69) is 83.4 Å². The summed E-state index contributed by atoms with van der Waals surface area (Å²) in [4.78, 5) is 26.5. The third-order valence-electron chi connectivity index (χ3n) is 16.7. The fraction of sp³-hybridized carbons (Fsp3) is 0.270. The zero-order valence-corrected chi connectivity index (χ0v) is 62.8. The molecule has 0 aliphatic carbocycles. The van der Waals surface area contributed by atoms with Crippen molar-refractivity contribution in [2.45, 2.75) is 117 Å². The van der Waals surface area contributed by atoms with Crippen LogP contribution in [0.3, 0.4) is 0 Å². The van der Waals surface area contributed by atoms with Crippen LogP contribution < -0.4 is 33.2 Å². The van der Waals surface area contributed by atoms with Gasteiger partial charge in [0.1, 0.15) is 17.5 Å². The first-order valence-corrected chi connectivity index (χ1v) is 38.8. The number of halogens is 3. The normalized spacial score (nSPS) is 12.4. The Bertz CT molecular complexity index is 5520. The molecule has 109 heavy (non-hydrogen) atoms. The molecule has 35 heteroatoms. The van der Waals surface area contributed by atoms with Crippen LogP contribution in [0.5, 0.6) is 0 Å². The number of hydrogen-bond donors (Lipinski definition) is 8. The third-order valence-corrected chi connectivity index (χ3v) is 23.3. The van der Waals surface area contributed by atoms with Crippen molar-refractivity contribution in [1.29, 1.82) is 0 Å². The maximum absolute atomic E-state index is 14.8. The molecule has 0 spiro atoms. The van der Waals surface area contributed by atoms with Crippen LogP contribution in [0.1, 0.15) is 78.0 Å². The van der Waals surface area contributed by atoms with E-state index in [1.165, 1.54) is 79.3 Å². The van der Waals surface area contributed by atoms with Crippen LogP contribution in [0.25, 0.3) is 103 Å². The van der Waals surface area contributed by atoms with Gasteiger partial charge in [-0.25, -0.2) is 68.3 Å². The van der Waals surface area contributed by atoms with E-state index in [9.17, 15) is 43.5 Å². The van der Waals surface area contributed by atoms with Crippen molar-refractivity contribution in [2.24, 2.45) is 0 Å². The number of anilines is 3. The van der Waals surface area contributed by atoms with Gasteiger partial charge in [0.15, 0.2) is 64.0 Å². The second kappa shape index (κ2) is 35.2. The summed E-state index contributed by atoms with van der Waals surface area (Å²) in [6.07, 6.45) is 4.99. The quantitative estimate of drug-likeness (QED) is 0.0222. The van der Waals surface area contributed by atoms with Gasteiger partial charge < -0.3 is 56.6 Å². The summed E-state index contributed by atoms with van der Waals surface area (Å²) >= 11 is 0. The Kier molecular flexibility index (Phi) is 26.0. The van der Waals surface area contributed by atoms with E-state index in [1.807, 2.05) is 0 Å². The minimum atomic E-state index is -3.57. The molecule has 2 atom stereocenters. The van der Waals surface area contributed by atoms with Crippen LogP contribution in [0.15, 0.2) is 174 Å². The van der Waals surface area contributed by atoms with Gasteiger partial charge in [0.2, 0.25) is 0 Å². The molecule has 0 aliphatic heterocycles. The number of nitrogens with two attached hydrogens (primary N) is 3. The van der Waals surface area contributed by atoms with E-state index in [1.54, 1.807) is 115 Å². The lowest BCUT2D eigenvalue weighted by Crippen LogP contribution is -2.23. The largest absolute Gasteiger partial charge is 0.414 e. The number of nitrogens with one attached hydrogen (secondary N) is 3. The van der Waals surface area contributed by atoms with Crippen LogP contribution in [-0.4, -0.2) is 145 Å². The van der Waals surface area contributed by atoms with E-state index in [-0.39, 0.29) is 114 Å². The molecule has 12 aromatic rings. The second-order valence-electron chi connectivity index (χ2n) is 25.5. The first-order chi connectivity index (χ1) is 52.0. The average molecular weight is 1550 g/mol. The molecule has 6 heterocycles. The maximum Gasteiger partial charge on any atom is 0.270 e. The van der Waals surface area contributed by atoms with Gasteiger partial charge in [-0.05, 0) is 157 Å². The number of hydrogen-bond acceptors (Lipinski definition) is 29. The van der Waals surface area contributed by atoms with Gasteiger partial charge in [0.05, 0.1) is 88.9 Å². The predicted molar refractivity (Wildman–Crippen MR) is 403 cm³/mol. The highest BCUT2D eigenvalue weighted by Gasteiger charge is 2.27. The van der Waals surface area contributed by atoms with Crippen LogP contribution in [-0.2, 0) is 49.1 Å². The fourth-order valence-corrected chi connectivity index (χ4v) is 14.0. The van der Waals surface area contributed by atoms with Crippen molar-refractivity contribution in [1.82, 2.24) is 76.4 Å². The summed E-state index contributed by atoms with van der Waals surface area (Å²) in [6.45, 7) is 14.3. The van der Waals surface area contributed by atoms with E-state index in [0.717, 1.165) is 24.1 Å². The third kappa shape index (κ3) is 19.2. The molecule has 0 bridgehead atoms. The van der Waals surface area contributed by atoms with Gasteiger partial charge >= 0.3 is 0 Å². The molecule has 12 rings (SSSR count). The Morgan fingerprint density at radius 1 is 0.450 bits per heavy atom. The monoisotopic (exact) mass is 1550 g/mol. The molecule has 0 saturated heterocycles. The van der Waals surface area contributed by atoms with Crippen LogP contribution >= 0.6 is 0 Å². The number of sulfone groups is 3. The average Bonchev–Trinajstić information content (AvgIpc) is 1.76. The van der Waals surface area contributed by atoms with E-state index in [4.69, 9.17) is 35.6 Å². The first kappa shape index (κ1) is 80.4. The number of aromatic nitrogens is 12. The Morgan fingerprint density at radius 2 is 0.771 bits per heavy atom. The number of nitrogen functional groups attached to an aromatic ring is 3. The Hall–Kier alpha value is -11.2. The van der Waals surface area contributed by atoms with Gasteiger partial charge in [-0.15, -0.1) is 30.6 Å². The summed E-state index contributed by atoms with van der Waals surface area (Å²) < 4.78 is 136. The van der Waals surface area contributed by atoms with Gasteiger partial charge in [0.25, 0.3) is 35.3 Å². The lowest BCUT2D eigenvalue weighted by Gasteiger charge is -2.12. The van der Waals surface area contributed by atoms with E-state index in [0.29, 0.717) is 65.5 Å². The molecule has 11 N–H and O–H groups in total. The van der Waals surface area contributed by atoms with Crippen LogP contribution in [0, 0.1) is 17.5 Å². The number of aliphatic hydroxyl groups is 2. The number of nitrogens with zero attached hydrogens (tertiary/aromatic N) is 12. The highest BCUT2D eigenvalue weighted by atomic mass is 32.2. The highest BCUT2D eigenvalue weighted by Crippen LogP contribution is 2.35. The molecule has 0 saturated carbocycles. The lowest BCUT2D eigenvalue weighted by atomic mass is 10.1. The van der Waals surface area contributed by atoms with Crippen molar-refractivity contribution in [3.63, 3.8) is 0 Å². The zero-order valence-electron chi connectivity index (χ0n) is 60.3. The molecular formula is C74H79F3N18O11S3. The summed E-state index contributed by atoms with van der Waals surface area (Å²) in [5, 5.41) is 49.6. The predicted octanol–water partition coefficient (Wildman–Crippen LogP) is 10.3. The minimum Gasteiger partial charge on any atom is -0.414 e. The summed E-state index contributed by atoms with van der Waals surface area (Å²) in [5.41, 5.74) is 24.1. The lowest BCUT2D eigenvalue weighted by molar-refractivity contribution is 0.191. The number of aliphatic hydroxyl groups excluding tert-OH is 2. The van der Waals surface area contributed by atoms with Crippen molar-refractivity contribution in [3.8, 4) is 103 Å². The first-order valence-electron chi connectivity index (χ1n) is 34.1. The van der Waals surface area contributed by atoms with Gasteiger partial charge in [-0.1, -0.05) is 61.5 Å². The molecule has 0 radical (unpaired) electrons. The minimum absolute atomic E-state index is 0.00887. The molecular weight excluding hydrogens is 1470 g/mol. The Morgan fingerprint density at radius 3 is 1.07 bits per heavy atom. The van der Waals surface area contributed by atoms with Crippen molar-refractivity contribution < 1.29 is 61.9 Å². The molecule has 6 aromatic carbocycles. The maximum atomic E-state index is 14.8. The second-order valence-corrected chi connectivity index (χ2v) is 32.8. The summed E-state index contributed by atoms with van der Waals surface area (Å²) in [5.74, 6) is -1.57. The summed E-state index contributed by atoms with van der Waals surface area (Å²) in [7, 11) is -8.60. The fourth-order valence-electron chi connectivity index (χ4n) is 10.5. The molecule has 0 aliphatic rings. The molecule has 0 amide bonds. The van der Waals surface area contributed by atoms with Gasteiger partial charge in [-0.2, -0.15) is 0 Å². The number of benzene rings is 6. The summed E-state index contributed by atoms with van der Waals surface area (Å²) in [6, 6.07) is 32.9. The molecule has 6 aromatic heterocycles. The molecule has 570 valence electrons. The zero-order chi connectivity index (χ0) is 78.5.